The Morgan fingerprint density at radius 2 is 2.31 bits per heavy atom. The van der Waals surface area contributed by atoms with Gasteiger partial charge in [0.05, 0.1) is 11.3 Å². The van der Waals surface area contributed by atoms with Crippen LogP contribution in [0.25, 0.3) is 0 Å². The van der Waals surface area contributed by atoms with Crippen molar-refractivity contribution in [1.29, 1.82) is 0 Å². The van der Waals surface area contributed by atoms with Gasteiger partial charge in [-0.1, -0.05) is 15.9 Å². The third kappa shape index (κ3) is 1.34. The van der Waals surface area contributed by atoms with Gasteiger partial charge in [0.15, 0.2) is 0 Å². The number of nitrogen functional groups attached to an aromatic ring is 1. The van der Waals surface area contributed by atoms with Crippen LogP contribution in [0.4, 0.5) is 5.69 Å². The van der Waals surface area contributed by atoms with Gasteiger partial charge < -0.3 is 11.1 Å². The average molecular weight is 353 g/mol. The van der Waals surface area contributed by atoms with Crippen molar-refractivity contribution in [3.05, 3.63) is 25.2 Å². The lowest BCUT2D eigenvalue weighted by Gasteiger charge is -2.05. The molecule has 1 heterocycles. The Bertz CT molecular complexity index is 406. The fraction of sp³-hybridized carbons (Fsp3) is 0.125. The second kappa shape index (κ2) is 3.13. The van der Waals surface area contributed by atoms with Gasteiger partial charge in [-0.05, 0) is 28.7 Å². The highest BCUT2D eigenvalue weighted by molar-refractivity contribution is 14.1. The number of nitrogens with one attached hydrogen (secondary N) is 1. The predicted octanol–water partition coefficient (Wildman–Crippen LogP) is 1.88. The fourth-order valence-corrected chi connectivity index (χ4v) is 2.94. The molecule has 0 spiro atoms. The highest BCUT2D eigenvalue weighted by Crippen LogP contribution is 2.32. The Morgan fingerprint density at radius 3 is 3.00 bits per heavy atom. The summed E-state index contributed by atoms with van der Waals surface area (Å²) < 4.78 is 1.85. The summed E-state index contributed by atoms with van der Waals surface area (Å²) in [6, 6.07) is 1.93. The van der Waals surface area contributed by atoms with Crippen LogP contribution in [0.2, 0.25) is 0 Å². The summed E-state index contributed by atoms with van der Waals surface area (Å²) in [5.41, 5.74) is 7.97. The normalized spacial score (nSPS) is 14.2. The van der Waals surface area contributed by atoms with Gasteiger partial charge in [0, 0.05) is 20.2 Å². The van der Waals surface area contributed by atoms with Crippen LogP contribution < -0.4 is 11.1 Å². The van der Waals surface area contributed by atoms with Crippen molar-refractivity contribution >= 4 is 50.1 Å². The molecule has 1 aromatic carbocycles. The van der Waals surface area contributed by atoms with E-state index in [0.29, 0.717) is 17.8 Å². The van der Waals surface area contributed by atoms with Gasteiger partial charge in [0.2, 0.25) is 0 Å². The summed E-state index contributed by atoms with van der Waals surface area (Å²) in [7, 11) is 0. The van der Waals surface area contributed by atoms with Gasteiger partial charge in [0.25, 0.3) is 5.91 Å². The van der Waals surface area contributed by atoms with Gasteiger partial charge in [-0.2, -0.15) is 0 Å². The number of nitrogens with two attached hydrogens (primary N) is 1. The molecule has 1 aliphatic heterocycles. The average Bonchev–Trinajstić information content (AvgIpc) is 2.44. The number of hydrogen-bond acceptors (Lipinski definition) is 2. The standard InChI is InChI=1S/C8H6BrIN2O/c9-4-1-5(10)7(11)6-3(4)2-12-8(6)13/h1H,2,11H2,(H,12,13). The number of carbonyl (C=O) groups is 1. The van der Waals surface area contributed by atoms with Gasteiger partial charge in [-0.25, -0.2) is 0 Å². The Kier molecular flexibility index (Phi) is 2.23. The Labute approximate surface area is 97.3 Å². The molecular formula is C8H6BrIN2O. The summed E-state index contributed by atoms with van der Waals surface area (Å²) >= 11 is 5.53. The second-order valence-electron chi connectivity index (χ2n) is 2.79. The lowest BCUT2D eigenvalue weighted by molar-refractivity contribution is 0.0966. The van der Waals surface area contributed by atoms with Crippen molar-refractivity contribution in [3.8, 4) is 0 Å². The number of fused-ring (bicyclic) bond motifs is 1. The first-order valence-electron chi connectivity index (χ1n) is 3.66. The number of anilines is 1. The zero-order valence-corrected chi connectivity index (χ0v) is 10.3. The monoisotopic (exact) mass is 352 g/mol. The molecule has 68 valence electrons. The van der Waals surface area contributed by atoms with Crippen LogP contribution in [0.3, 0.4) is 0 Å². The Morgan fingerprint density at radius 1 is 1.62 bits per heavy atom. The van der Waals surface area contributed by atoms with Gasteiger partial charge >= 0.3 is 0 Å². The fourth-order valence-electron chi connectivity index (χ4n) is 1.37. The summed E-state index contributed by atoms with van der Waals surface area (Å²) in [6.07, 6.45) is 0. The summed E-state index contributed by atoms with van der Waals surface area (Å²) in [6.45, 7) is 0.565. The first-order chi connectivity index (χ1) is 6.11. The van der Waals surface area contributed by atoms with E-state index in [2.05, 4.69) is 43.8 Å². The van der Waals surface area contributed by atoms with E-state index in [9.17, 15) is 4.79 Å². The smallest absolute Gasteiger partial charge is 0.254 e. The molecule has 1 aromatic rings. The first-order valence-corrected chi connectivity index (χ1v) is 5.53. The molecule has 0 bridgehead atoms. The van der Waals surface area contributed by atoms with Crippen molar-refractivity contribution in [2.45, 2.75) is 6.54 Å². The quantitative estimate of drug-likeness (QED) is 0.553. The van der Waals surface area contributed by atoms with E-state index in [-0.39, 0.29) is 5.91 Å². The molecule has 3 N–H and O–H groups in total. The lowest BCUT2D eigenvalue weighted by Crippen LogP contribution is -2.13. The van der Waals surface area contributed by atoms with Crippen LogP contribution in [-0.2, 0) is 6.54 Å². The minimum atomic E-state index is -0.0771. The maximum Gasteiger partial charge on any atom is 0.254 e. The largest absolute Gasteiger partial charge is 0.397 e. The lowest BCUT2D eigenvalue weighted by atomic mass is 10.1. The molecule has 0 saturated carbocycles. The van der Waals surface area contributed by atoms with E-state index < -0.39 is 0 Å². The third-order valence-corrected chi connectivity index (χ3v) is 3.62. The maximum atomic E-state index is 11.4. The number of rotatable bonds is 0. The summed E-state index contributed by atoms with van der Waals surface area (Å²) in [5, 5.41) is 2.74. The molecule has 0 aromatic heterocycles. The van der Waals surface area contributed by atoms with Crippen molar-refractivity contribution in [1.82, 2.24) is 5.32 Å². The Hall–Kier alpha value is -0.300. The van der Waals surface area contributed by atoms with Crippen LogP contribution >= 0.6 is 38.5 Å². The van der Waals surface area contributed by atoms with Gasteiger partial charge in [0.1, 0.15) is 0 Å². The minimum absolute atomic E-state index is 0.0771. The predicted molar refractivity (Wildman–Crippen MR) is 62.4 cm³/mol. The highest BCUT2D eigenvalue weighted by atomic mass is 127. The van der Waals surface area contributed by atoms with Crippen molar-refractivity contribution in [2.24, 2.45) is 0 Å². The van der Waals surface area contributed by atoms with E-state index in [4.69, 9.17) is 5.73 Å². The zero-order chi connectivity index (χ0) is 9.59. The molecule has 13 heavy (non-hydrogen) atoms. The number of amides is 1. The van der Waals surface area contributed by atoms with Gasteiger partial charge in [-0.3, -0.25) is 4.79 Å². The SMILES string of the molecule is Nc1c(I)cc(Br)c2c1C(=O)NC2. The second-order valence-corrected chi connectivity index (χ2v) is 4.81. The van der Waals surface area contributed by atoms with Gasteiger partial charge in [-0.15, -0.1) is 0 Å². The number of halogens is 2. The summed E-state index contributed by atoms with van der Waals surface area (Å²) in [5.74, 6) is -0.0771. The highest BCUT2D eigenvalue weighted by Gasteiger charge is 2.25. The molecular weight excluding hydrogens is 347 g/mol. The topological polar surface area (TPSA) is 55.1 Å². The van der Waals surface area contributed by atoms with E-state index in [0.717, 1.165) is 13.6 Å². The van der Waals surface area contributed by atoms with Crippen LogP contribution in [0.1, 0.15) is 15.9 Å². The molecule has 1 aliphatic rings. The zero-order valence-electron chi connectivity index (χ0n) is 6.53. The molecule has 1 amide bonds. The number of hydrogen-bond donors (Lipinski definition) is 2. The van der Waals surface area contributed by atoms with Crippen molar-refractivity contribution < 1.29 is 4.79 Å². The maximum absolute atomic E-state index is 11.4. The van der Waals surface area contributed by atoms with Crippen LogP contribution in [-0.4, -0.2) is 5.91 Å². The number of carbonyl (C=O) groups excluding carboxylic acids is 1. The molecule has 0 aliphatic carbocycles. The molecule has 0 fully saturated rings. The molecule has 0 atom stereocenters. The molecule has 0 saturated heterocycles. The molecule has 5 heteroatoms. The molecule has 0 radical (unpaired) electrons. The molecule has 3 nitrogen and oxygen atoms in total. The van der Waals surface area contributed by atoms with E-state index in [1.54, 1.807) is 0 Å². The third-order valence-electron chi connectivity index (χ3n) is 2.02. The van der Waals surface area contributed by atoms with Crippen LogP contribution in [0, 0.1) is 3.57 Å². The molecule has 2 rings (SSSR count). The van der Waals surface area contributed by atoms with Crippen LogP contribution in [0.5, 0.6) is 0 Å². The minimum Gasteiger partial charge on any atom is -0.397 e. The Balaban J connectivity index is 2.77. The van der Waals surface area contributed by atoms with Crippen molar-refractivity contribution in [3.63, 3.8) is 0 Å². The first kappa shape index (κ1) is 9.26. The number of benzene rings is 1. The van der Waals surface area contributed by atoms with Crippen LogP contribution in [0.15, 0.2) is 10.5 Å². The van der Waals surface area contributed by atoms with Crippen molar-refractivity contribution in [2.75, 3.05) is 5.73 Å². The summed E-state index contributed by atoms with van der Waals surface area (Å²) in [4.78, 5) is 11.4. The van der Waals surface area contributed by atoms with E-state index in [1.165, 1.54) is 0 Å². The van der Waals surface area contributed by atoms with E-state index in [1.807, 2.05) is 6.07 Å². The van der Waals surface area contributed by atoms with E-state index >= 15 is 0 Å². The molecule has 0 unspecified atom stereocenters.